The van der Waals surface area contributed by atoms with Crippen LogP contribution < -0.4 is 4.72 Å². The van der Waals surface area contributed by atoms with Gasteiger partial charge in [-0.05, 0) is 24.3 Å². The van der Waals surface area contributed by atoms with E-state index in [0.29, 0.717) is 24.3 Å². The van der Waals surface area contributed by atoms with Gasteiger partial charge in [0, 0.05) is 0 Å². The van der Waals surface area contributed by atoms with Crippen molar-refractivity contribution in [3.05, 3.63) is 29.8 Å². The van der Waals surface area contributed by atoms with Crippen molar-refractivity contribution in [2.24, 2.45) is 0 Å². The average molecular weight is 269 g/mol. The Morgan fingerprint density at radius 2 is 1.65 bits per heavy atom. The van der Waals surface area contributed by atoms with Crippen molar-refractivity contribution in [2.75, 3.05) is 0 Å². The molecule has 2 N–H and O–H groups in total. The molecule has 0 fully saturated rings. The van der Waals surface area contributed by atoms with E-state index in [4.69, 9.17) is 5.11 Å². The molecule has 0 radical (unpaired) electrons. The van der Waals surface area contributed by atoms with Gasteiger partial charge < -0.3 is 5.11 Å². The highest BCUT2D eigenvalue weighted by Gasteiger charge is 2.30. The summed E-state index contributed by atoms with van der Waals surface area (Å²) in [6.07, 6.45) is -6.40. The largest absolute Gasteiger partial charge is 0.464 e. The van der Waals surface area contributed by atoms with Gasteiger partial charge in [-0.3, -0.25) is 0 Å². The van der Waals surface area contributed by atoms with E-state index in [9.17, 15) is 26.4 Å². The van der Waals surface area contributed by atoms with Crippen molar-refractivity contribution in [3.63, 3.8) is 0 Å². The quantitative estimate of drug-likeness (QED) is 0.855. The van der Waals surface area contributed by atoms with Crippen LogP contribution in [0, 0.1) is 0 Å². The van der Waals surface area contributed by atoms with Crippen LogP contribution in [0.3, 0.4) is 0 Å². The second kappa shape index (κ2) is 4.24. The molecule has 0 aliphatic heterocycles. The lowest BCUT2D eigenvalue weighted by atomic mass is 10.2. The summed E-state index contributed by atoms with van der Waals surface area (Å²) in [5.41, 5.74) is -1.02. The van der Waals surface area contributed by atoms with Crippen LogP contribution in [0.25, 0.3) is 0 Å². The summed E-state index contributed by atoms with van der Waals surface area (Å²) >= 11 is 0. The first-order valence-electron chi connectivity index (χ1n) is 4.06. The van der Waals surface area contributed by atoms with Crippen molar-refractivity contribution in [1.82, 2.24) is 4.72 Å². The molecule has 0 aliphatic carbocycles. The van der Waals surface area contributed by atoms with Crippen LogP contribution in [0.4, 0.5) is 18.0 Å². The van der Waals surface area contributed by atoms with E-state index in [-0.39, 0.29) is 0 Å². The number of benzene rings is 1. The zero-order chi connectivity index (χ0) is 13.3. The molecule has 0 atom stereocenters. The number of sulfonamides is 1. The van der Waals surface area contributed by atoms with E-state index >= 15 is 0 Å². The summed E-state index contributed by atoms with van der Waals surface area (Å²) in [6, 6.07) is 2.45. The molecule has 1 rings (SSSR count). The Morgan fingerprint density at radius 1 is 1.18 bits per heavy atom. The Balaban J connectivity index is 3.08. The van der Waals surface area contributed by atoms with Gasteiger partial charge in [0.2, 0.25) is 0 Å². The van der Waals surface area contributed by atoms with Crippen LogP contribution in [0.5, 0.6) is 0 Å². The van der Waals surface area contributed by atoms with Gasteiger partial charge in [-0.2, -0.15) is 13.2 Å². The van der Waals surface area contributed by atoms with Gasteiger partial charge in [-0.25, -0.2) is 17.9 Å². The number of amides is 1. The first-order valence-corrected chi connectivity index (χ1v) is 5.54. The lowest BCUT2D eigenvalue weighted by molar-refractivity contribution is -0.137. The van der Waals surface area contributed by atoms with Gasteiger partial charge >= 0.3 is 12.3 Å². The summed E-state index contributed by atoms with van der Waals surface area (Å²) in [6.45, 7) is 0. The third-order valence-corrected chi connectivity index (χ3v) is 3.05. The zero-order valence-corrected chi connectivity index (χ0v) is 8.84. The number of hydrogen-bond donors (Lipinski definition) is 2. The fourth-order valence-electron chi connectivity index (χ4n) is 0.997. The maximum Gasteiger partial charge on any atom is 0.418 e. The van der Waals surface area contributed by atoms with Crippen molar-refractivity contribution in [2.45, 2.75) is 11.1 Å². The molecular formula is C8H6F3NO4S. The molecule has 5 nitrogen and oxygen atoms in total. The van der Waals surface area contributed by atoms with Crippen molar-refractivity contribution in [1.29, 1.82) is 0 Å². The summed E-state index contributed by atoms with van der Waals surface area (Å²) in [5, 5.41) is 8.22. The summed E-state index contributed by atoms with van der Waals surface area (Å²) in [7, 11) is -4.34. The third-order valence-electron chi connectivity index (χ3n) is 1.71. The molecule has 0 spiro atoms. The number of nitrogens with one attached hydrogen (secondary N) is 1. The third kappa shape index (κ3) is 3.34. The van der Waals surface area contributed by atoms with Crippen LogP contribution in [-0.4, -0.2) is 19.6 Å². The predicted molar refractivity (Wildman–Crippen MR) is 49.8 cm³/mol. The van der Waals surface area contributed by atoms with Crippen LogP contribution in [0.15, 0.2) is 29.2 Å². The molecule has 0 bridgehead atoms. The molecule has 17 heavy (non-hydrogen) atoms. The SMILES string of the molecule is O=C(O)NS(=O)(=O)c1ccc(C(F)(F)F)cc1. The van der Waals surface area contributed by atoms with Gasteiger partial charge in [0.15, 0.2) is 0 Å². The molecule has 0 saturated carbocycles. The lowest BCUT2D eigenvalue weighted by Crippen LogP contribution is -2.28. The summed E-state index contributed by atoms with van der Waals surface area (Å²) in [4.78, 5) is 9.58. The van der Waals surface area contributed by atoms with E-state index in [1.165, 1.54) is 4.72 Å². The maximum atomic E-state index is 12.2. The Morgan fingerprint density at radius 3 is 2.00 bits per heavy atom. The smallest absolute Gasteiger partial charge is 0.418 e. The van der Waals surface area contributed by atoms with Crippen molar-refractivity contribution in [3.8, 4) is 0 Å². The summed E-state index contributed by atoms with van der Waals surface area (Å²) < 4.78 is 60.2. The number of halogens is 3. The second-order valence-corrected chi connectivity index (χ2v) is 4.62. The molecule has 94 valence electrons. The second-order valence-electron chi connectivity index (χ2n) is 2.93. The monoisotopic (exact) mass is 269 g/mol. The first kappa shape index (κ1) is 13.3. The molecule has 1 amide bonds. The van der Waals surface area contributed by atoms with E-state index in [1.54, 1.807) is 0 Å². The maximum absolute atomic E-state index is 12.2. The Hall–Kier alpha value is -1.77. The highest BCUT2D eigenvalue weighted by Crippen LogP contribution is 2.29. The fourth-order valence-corrected chi connectivity index (χ4v) is 1.84. The normalized spacial score (nSPS) is 12.2. The number of carboxylic acid groups (broad SMARTS) is 1. The number of carbonyl (C=O) groups is 1. The van der Waals surface area contributed by atoms with Gasteiger partial charge in [0.25, 0.3) is 10.0 Å². The lowest BCUT2D eigenvalue weighted by Gasteiger charge is -2.07. The molecule has 0 aromatic heterocycles. The average Bonchev–Trinajstić information content (AvgIpc) is 2.14. The Bertz CT molecular complexity index is 521. The minimum atomic E-state index is -4.58. The predicted octanol–water partition coefficient (Wildman–Crippen LogP) is 1.66. The molecule has 0 unspecified atom stereocenters. The van der Waals surface area contributed by atoms with E-state index in [1.807, 2.05) is 0 Å². The van der Waals surface area contributed by atoms with Gasteiger partial charge in [0.05, 0.1) is 10.5 Å². The molecule has 0 saturated heterocycles. The van der Waals surface area contributed by atoms with Crippen LogP contribution in [0.1, 0.15) is 5.56 Å². The van der Waals surface area contributed by atoms with Gasteiger partial charge in [0.1, 0.15) is 0 Å². The minimum Gasteiger partial charge on any atom is -0.464 e. The Labute approximate surface area is 93.9 Å². The number of alkyl halides is 3. The topological polar surface area (TPSA) is 83.5 Å². The molecule has 9 heteroatoms. The van der Waals surface area contributed by atoms with Crippen molar-refractivity contribution < 1.29 is 31.5 Å². The van der Waals surface area contributed by atoms with E-state index in [2.05, 4.69) is 0 Å². The molecular weight excluding hydrogens is 263 g/mol. The van der Waals surface area contributed by atoms with Gasteiger partial charge in [-0.15, -0.1) is 0 Å². The molecule has 0 heterocycles. The first-order chi connectivity index (χ1) is 7.63. The minimum absolute atomic E-state index is 0.552. The molecule has 0 aliphatic rings. The number of hydrogen-bond acceptors (Lipinski definition) is 3. The zero-order valence-electron chi connectivity index (χ0n) is 8.02. The number of rotatable bonds is 2. The van der Waals surface area contributed by atoms with Gasteiger partial charge in [-0.1, -0.05) is 0 Å². The summed E-state index contributed by atoms with van der Waals surface area (Å²) in [5.74, 6) is 0. The highest BCUT2D eigenvalue weighted by atomic mass is 32.2. The highest BCUT2D eigenvalue weighted by molar-refractivity contribution is 7.90. The van der Waals surface area contributed by atoms with E-state index < -0.39 is 32.8 Å². The van der Waals surface area contributed by atoms with Crippen LogP contribution >= 0.6 is 0 Å². The van der Waals surface area contributed by atoms with Crippen LogP contribution in [-0.2, 0) is 16.2 Å². The Kier molecular flexibility index (Phi) is 3.32. The molecule has 1 aromatic carbocycles. The molecule has 1 aromatic rings. The fraction of sp³-hybridized carbons (Fsp3) is 0.125. The van der Waals surface area contributed by atoms with E-state index in [0.717, 1.165) is 0 Å². The van der Waals surface area contributed by atoms with Crippen molar-refractivity contribution >= 4 is 16.1 Å². The standard InChI is InChI=1S/C8H6F3NO4S/c9-8(10,11)5-1-3-6(4-2-5)17(15,16)12-7(13)14/h1-4,12H,(H,13,14). The van der Waals surface area contributed by atoms with Crippen LogP contribution in [0.2, 0.25) is 0 Å².